The lowest BCUT2D eigenvalue weighted by molar-refractivity contribution is -0.114. The number of nitrogens with two attached hydrogens (primary N) is 1. The molecule has 1 aromatic rings. The molecule has 0 aromatic carbocycles. The normalized spacial score (nSPS) is 9.44. The fourth-order valence-corrected chi connectivity index (χ4v) is 1.05. The lowest BCUT2D eigenvalue weighted by atomic mass is 10.2. The Bertz CT molecular complexity index is 412. The molecule has 0 aliphatic rings. The molecule has 0 spiro atoms. The zero-order chi connectivity index (χ0) is 12.1. The molecule has 84 valence electrons. The molecule has 0 saturated heterocycles. The lowest BCUT2D eigenvalue weighted by Crippen LogP contribution is -2.30. The number of carbonyl (C=O) groups is 2. The molecule has 0 amide bonds. The largest absolute Gasteiger partial charge is 0.293 e. The number of pyridine rings is 1. The first kappa shape index (κ1) is 12.0. The molecular weight excluding hydrogens is 208 g/mol. The van der Waals surface area contributed by atoms with Gasteiger partial charge in [-0.2, -0.15) is 5.12 Å². The van der Waals surface area contributed by atoms with Gasteiger partial charge in [0.2, 0.25) is 0 Å². The number of hydrazone groups is 1. The molecule has 1 rings (SSSR count). The number of aromatic nitrogens is 1. The molecule has 0 atom stereocenters. The van der Waals surface area contributed by atoms with Crippen LogP contribution in [0, 0.1) is 0 Å². The van der Waals surface area contributed by atoms with E-state index in [0.29, 0.717) is 5.69 Å². The van der Waals surface area contributed by atoms with Crippen LogP contribution in [0.2, 0.25) is 0 Å². The minimum atomic E-state index is -0.419. The van der Waals surface area contributed by atoms with Crippen LogP contribution in [0.4, 0.5) is 5.69 Å². The number of nitrogens with zero attached hydrogens (tertiary/aromatic N) is 3. The van der Waals surface area contributed by atoms with Crippen LogP contribution in [0.15, 0.2) is 29.6 Å². The SMILES string of the molecule is CC(=O)C(=NN(N)c1ccncc1)C(C)=O. The Labute approximate surface area is 92.7 Å². The topological polar surface area (TPSA) is 88.7 Å². The van der Waals surface area contributed by atoms with Crippen molar-refractivity contribution in [2.24, 2.45) is 10.9 Å². The lowest BCUT2D eigenvalue weighted by Gasteiger charge is -2.12. The fraction of sp³-hybridized carbons (Fsp3) is 0.200. The average molecular weight is 220 g/mol. The van der Waals surface area contributed by atoms with Gasteiger partial charge in [-0.25, -0.2) is 5.84 Å². The molecule has 0 saturated carbocycles. The van der Waals surface area contributed by atoms with Gasteiger partial charge >= 0.3 is 0 Å². The van der Waals surface area contributed by atoms with Crippen molar-refractivity contribution in [2.75, 3.05) is 5.12 Å². The summed E-state index contributed by atoms with van der Waals surface area (Å²) in [6.07, 6.45) is 3.07. The molecule has 0 radical (unpaired) electrons. The number of hydrogen-bond donors (Lipinski definition) is 1. The molecule has 16 heavy (non-hydrogen) atoms. The molecule has 1 heterocycles. The Balaban J connectivity index is 2.98. The second-order valence-electron chi connectivity index (χ2n) is 3.11. The van der Waals surface area contributed by atoms with Crippen LogP contribution in [-0.2, 0) is 9.59 Å². The summed E-state index contributed by atoms with van der Waals surface area (Å²) < 4.78 is 0. The Morgan fingerprint density at radius 1 is 1.25 bits per heavy atom. The number of carbonyl (C=O) groups excluding carboxylic acids is 2. The van der Waals surface area contributed by atoms with Crippen LogP contribution in [0.3, 0.4) is 0 Å². The van der Waals surface area contributed by atoms with Crippen LogP contribution >= 0.6 is 0 Å². The highest BCUT2D eigenvalue weighted by Crippen LogP contribution is 2.08. The van der Waals surface area contributed by atoms with Crippen LogP contribution in [-0.4, -0.2) is 22.3 Å². The van der Waals surface area contributed by atoms with Crippen molar-refractivity contribution < 1.29 is 9.59 Å². The van der Waals surface area contributed by atoms with Crippen LogP contribution in [0.5, 0.6) is 0 Å². The fourth-order valence-electron chi connectivity index (χ4n) is 1.05. The van der Waals surface area contributed by atoms with Crippen molar-refractivity contribution in [3.8, 4) is 0 Å². The van der Waals surface area contributed by atoms with Crippen molar-refractivity contribution in [3.05, 3.63) is 24.5 Å². The zero-order valence-corrected chi connectivity index (χ0v) is 9.04. The van der Waals surface area contributed by atoms with E-state index in [-0.39, 0.29) is 5.71 Å². The van der Waals surface area contributed by atoms with Crippen molar-refractivity contribution in [1.29, 1.82) is 0 Å². The summed E-state index contributed by atoms with van der Waals surface area (Å²) in [5, 5.41) is 4.72. The summed E-state index contributed by atoms with van der Waals surface area (Å²) in [5.41, 5.74) is 0.356. The monoisotopic (exact) mass is 220 g/mol. The second-order valence-corrected chi connectivity index (χ2v) is 3.11. The van der Waals surface area contributed by atoms with Gasteiger partial charge in [-0.05, 0) is 12.1 Å². The number of anilines is 1. The molecule has 0 aliphatic carbocycles. The highest BCUT2D eigenvalue weighted by Gasteiger charge is 2.13. The Hall–Kier alpha value is -2.08. The van der Waals surface area contributed by atoms with Crippen LogP contribution in [0.1, 0.15) is 13.8 Å². The average Bonchev–Trinajstić information content (AvgIpc) is 2.25. The molecule has 1 aromatic heterocycles. The number of hydrogen-bond acceptors (Lipinski definition) is 6. The molecule has 2 N–H and O–H groups in total. The zero-order valence-electron chi connectivity index (χ0n) is 9.04. The first-order chi connectivity index (χ1) is 7.52. The standard InChI is InChI=1S/C10H12N4O2/c1-7(15)10(8(2)16)13-14(11)9-3-5-12-6-4-9/h3-6H,11H2,1-2H3. The Morgan fingerprint density at radius 3 is 2.19 bits per heavy atom. The number of ketones is 2. The molecule has 0 bridgehead atoms. The molecule has 6 nitrogen and oxygen atoms in total. The highest BCUT2D eigenvalue weighted by molar-refractivity contribution is 6.65. The maximum atomic E-state index is 11.1. The maximum absolute atomic E-state index is 11.1. The van der Waals surface area contributed by atoms with Gasteiger partial charge in [-0.15, -0.1) is 5.10 Å². The summed E-state index contributed by atoms with van der Waals surface area (Å²) in [4.78, 5) is 26.0. The van der Waals surface area contributed by atoms with Gasteiger partial charge < -0.3 is 0 Å². The molecule has 0 unspecified atom stereocenters. The predicted molar refractivity (Wildman–Crippen MR) is 59.7 cm³/mol. The van der Waals surface area contributed by atoms with Gasteiger partial charge in [0.05, 0.1) is 5.69 Å². The minimum absolute atomic E-state index is 0.181. The van der Waals surface area contributed by atoms with Crippen molar-refractivity contribution >= 4 is 23.0 Å². The molecule has 0 fully saturated rings. The van der Waals surface area contributed by atoms with E-state index in [1.54, 1.807) is 12.1 Å². The van der Waals surface area contributed by atoms with Gasteiger partial charge in [-0.1, -0.05) is 0 Å². The van der Waals surface area contributed by atoms with Gasteiger partial charge in [0, 0.05) is 26.2 Å². The summed E-state index contributed by atoms with van der Waals surface area (Å²) >= 11 is 0. The minimum Gasteiger partial charge on any atom is -0.293 e. The summed E-state index contributed by atoms with van der Waals surface area (Å²) in [7, 11) is 0. The van der Waals surface area contributed by atoms with Crippen molar-refractivity contribution in [3.63, 3.8) is 0 Å². The van der Waals surface area contributed by atoms with E-state index < -0.39 is 11.6 Å². The Kier molecular flexibility index (Phi) is 3.84. The van der Waals surface area contributed by atoms with E-state index in [9.17, 15) is 9.59 Å². The van der Waals surface area contributed by atoms with E-state index in [1.165, 1.54) is 26.2 Å². The van der Waals surface area contributed by atoms with Crippen LogP contribution < -0.4 is 11.0 Å². The third kappa shape index (κ3) is 2.96. The maximum Gasteiger partial charge on any atom is 0.183 e. The van der Waals surface area contributed by atoms with Crippen molar-refractivity contribution in [2.45, 2.75) is 13.8 Å². The predicted octanol–water partition coefficient (Wildman–Crippen LogP) is 0.296. The highest BCUT2D eigenvalue weighted by atomic mass is 16.1. The van der Waals surface area contributed by atoms with Gasteiger partial charge in [0.25, 0.3) is 0 Å². The number of rotatable bonds is 4. The summed E-state index contributed by atoms with van der Waals surface area (Å²) in [6, 6.07) is 3.22. The van der Waals surface area contributed by atoms with E-state index in [1.807, 2.05) is 0 Å². The van der Waals surface area contributed by atoms with E-state index in [4.69, 9.17) is 5.84 Å². The van der Waals surface area contributed by atoms with Crippen LogP contribution in [0.25, 0.3) is 0 Å². The van der Waals surface area contributed by atoms with Gasteiger partial charge in [0.1, 0.15) is 0 Å². The molecule has 0 aliphatic heterocycles. The first-order valence-corrected chi connectivity index (χ1v) is 4.57. The number of hydrazine groups is 1. The van der Waals surface area contributed by atoms with E-state index >= 15 is 0 Å². The number of Topliss-reactive ketones (excluding diaryl/α,β-unsaturated/α-hetero) is 2. The van der Waals surface area contributed by atoms with Crippen molar-refractivity contribution in [1.82, 2.24) is 4.98 Å². The third-order valence-electron chi connectivity index (χ3n) is 1.80. The van der Waals surface area contributed by atoms with Gasteiger partial charge in [-0.3, -0.25) is 14.6 Å². The summed E-state index contributed by atoms with van der Waals surface area (Å²) in [6.45, 7) is 2.53. The Morgan fingerprint density at radius 2 is 1.75 bits per heavy atom. The third-order valence-corrected chi connectivity index (χ3v) is 1.80. The quantitative estimate of drug-likeness (QED) is 0.341. The second kappa shape index (κ2) is 5.13. The van der Waals surface area contributed by atoms with E-state index in [0.717, 1.165) is 5.12 Å². The molecule has 6 heteroatoms. The summed E-state index contributed by atoms with van der Waals surface area (Å²) in [5.74, 6) is 4.75. The first-order valence-electron chi connectivity index (χ1n) is 4.57. The smallest absolute Gasteiger partial charge is 0.183 e. The van der Waals surface area contributed by atoms with Gasteiger partial charge in [0.15, 0.2) is 17.3 Å². The molecular formula is C10H12N4O2. The van der Waals surface area contributed by atoms with E-state index in [2.05, 4.69) is 10.1 Å².